The van der Waals surface area contributed by atoms with E-state index in [9.17, 15) is 4.79 Å². The van der Waals surface area contributed by atoms with E-state index in [1.165, 1.54) is 0 Å². The molecule has 6 heteroatoms. The zero-order valence-electron chi connectivity index (χ0n) is 15.8. The predicted octanol–water partition coefficient (Wildman–Crippen LogP) is 3.84. The van der Waals surface area contributed by atoms with Crippen molar-refractivity contribution < 1.29 is 9.32 Å². The second kappa shape index (κ2) is 8.03. The zero-order chi connectivity index (χ0) is 19.3. The largest absolute Gasteiger partial charge is 0.368 e. The molecular weight excluding hydrogens is 340 g/mol. The van der Waals surface area contributed by atoms with Crippen molar-refractivity contribution in [1.82, 2.24) is 15.5 Å². The van der Waals surface area contributed by atoms with E-state index in [2.05, 4.69) is 20.8 Å². The smallest absolute Gasteiger partial charge is 0.250 e. The van der Waals surface area contributed by atoms with Crippen LogP contribution in [0.2, 0.25) is 0 Å². The fourth-order valence-corrected chi connectivity index (χ4v) is 2.75. The van der Waals surface area contributed by atoms with Gasteiger partial charge in [0.15, 0.2) is 5.82 Å². The summed E-state index contributed by atoms with van der Waals surface area (Å²) in [5.74, 6) is 0.999. The Morgan fingerprint density at radius 2 is 1.70 bits per heavy atom. The molecule has 3 aromatic rings. The Morgan fingerprint density at radius 1 is 1.07 bits per heavy atom. The van der Waals surface area contributed by atoms with Crippen LogP contribution < -0.4 is 10.6 Å². The van der Waals surface area contributed by atoms with Crippen molar-refractivity contribution in [3.63, 3.8) is 0 Å². The summed E-state index contributed by atoms with van der Waals surface area (Å²) in [6, 6.07) is 19.3. The Kier molecular flexibility index (Phi) is 5.54. The van der Waals surface area contributed by atoms with Gasteiger partial charge in [-0.05, 0) is 24.6 Å². The van der Waals surface area contributed by atoms with E-state index < -0.39 is 5.54 Å². The number of nitrogens with one attached hydrogen (secondary N) is 2. The molecule has 0 bridgehead atoms. The molecule has 0 aliphatic carbocycles. The third-order valence-corrected chi connectivity index (χ3v) is 4.36. The molecule has 0 spiro atoms. The first-order valence-corrected chi connectivity index (χ1v) is 8.98. The van der Waals surface area contributed by atoms with E-state index in [1.54, 1.807) is 0 Å². The highest BCUT2D eigenvalue weighted by atomic mass is 16.5. The first-order valence-electron chi connectivity index (χ1n) is 8.98. The van der Waals surface area contributed by atoms with Gasteiger partial charge in [-0.2, -0.15) is 4.98 Å². The highest BCUT2D eigenvalue weighted by Crippen LogP contribution is 2.26. The number of para-hydroxylation sites is 1. The molecule has 0 radical (unpaired) electrons. The van der Waals surface area contributed by atoms with Crippen molar-refractivity contribution in [2.45, 2.75) is 38.8 Å². The maximum Gasteiger partial charge on any atom is 0.250 e. The summed E-state index contributed by atoms with van der Waals surface area (Å²) in [6.45, 7) is 6.02. The molecule has 1 aromatic heterocycles. The number of anilines is 1. The molecule has 2 N–H and O–H groups in total. The van der Waals surface area contributed by atoms with Crippen molar-refractivity contribution in [2.75, 3.05) is 5.32 Å². The molecule has 1 unspecified atom stereocenters. The second-order valence-electron chi connectivity index (χ2n) is 6.87. The highest BCUT2D eigenvalue weighted by molar-refractivity contribution is 5.90. The van der Waals surface area contributed by atoms with Crippen LogP contribution in [0.25, 0.3) is 0 Å². The number of aromatic nitrogens is 2. The third-order valence-electron chi connectivity index (χ3n) is 4.36. The number of hydrogen-bond donors (Lipinski definition) is 2. The average molecular weight is 364 g/mol. The first-order chi connectivity index (χ1) is 13.0. The topological polar surface area (TPSA) is 80.0 Å². The van der Waals surface area contributed by atoms with Crippen molar-refractivity contribution in [1.29, 1.82) is 0 Å². The Labute approximate surface area is 159 Å². The summed E-state index contributed by atoms with van der Waals surface area (Å²) in [5, 5.41) is 10.2. The molecular formula is C21H24N4O2. The van der Waals surface area contributed by atoms with Crippen LogP contribution in [0.1, 0.15) is 44.0 Å². The Balaban J connectivity index is 1.80. The van der Waals surface area contributed by atoms with Gasteiger partial charge >= 0.3 is 0 Å². The summed E-state index contributed by atoms with van der Waals surface area (Å²) in [6.07, 6.45) is 0. The van der Waals surface area contributed by atoms with E-state index >= 15 is 0 Å². The molecule has 6 nitrogen and oxygen atoms in total. The number of nitrogens with zero attached hydrogens (tertiary/aromatic N) is 2. The lowest BCUT2D eigenvalue weighted by atomic mass is 9.90. The van der Waals surface area contributed by atoms with E-state index in [1.807, 2.05) is 81.4 Å². The highest BCUT2D eigenvalue weighted by Gasteiger charge is 2.35. The molecule has 1 amide bonds. The van der Waals surface area contributed by atoms with Crippen molar-refractivity contribution in [3.05, 3.63) is 77.9 Å². The summed E-state index contributed by atoms with van der Waals surface area (Å²) in [7, 11) is 0. The summed E-state index contributed by atoms with van der Waals surface area (Å²) >= 11 is 0. The third kappa shape index (κ3) is 4.34. The minimum Gasteiger partial charge on any atom is -0.368 e. The van der Waals surface area contributed by atoms with E-state index in [0.29, 0.717) is 11.7 Å². The van der Waals surface area contributed by atoms with Gasteiger partial charge in [-0.25, -0.2) is 0 Å². The Morgan fingerprint density at radius 3 is 2.30 bits per heavy atom. The van der Waals surface area contributed by atoms with Crippen LogP contribution in [0, 0.1) is 0 Å². The Bertz CT molecular complexity index is 877. The fraction of sp³-hybridized carbons (Fsp3) is 0.286. The molecule has 140 valence electrons. The van der Waals surface area contributed by atoms with Gasteiger partial charge in [0.05, 0.1) is 6.54 Å². The SMILES string of the molecule is CC(C)c1nc(CNC(=O)C(C)(Nc2ccccc2)c2ccccc2)no1. The molecule has 0 saturated carbocycles. The quantitative estimate of drug-likeness (QED) is 0.666. The normalized spacial score (nSPS) is 13.2. The minimum atomic E-state index is -0.951. The minimum absolute atomic E-state index is 0.149. The van der Waals surface area contributed by atoms with Crippen LogP contribution in [0.15, 0.2) is 65.2 Å². The van der Waals surface area contributed by atoms with Crippen molar-refractivity contribution in [2.24, 2.45) is 0 Å². The lowest BCUT2D eigenvalue weighted by Gasteiger charge is -2.31. The second-order valence-corrected chi connectivity index (χ2v) is 6.87. The number of carbonyl (C=O) groups is 1. The van der Waals surface area contributed by atoms with Crippen LogP contribution >= 0.6 is 0 Å². The van der Waals surface area contributed by atoms with Gasteiger partial charge in [0.25, 0.3) is 0 Å². The molecule has 0 aliphatic rings. The van der Waals surface area contributed by atoms with Gasteiger partial charge < -0.3 is 15.2 Å². The van der Waals surface area contributed by atoms with Crippen LogP contribution in [0.5, 0.6) is 0 Å². The standard InChI is InChI=1S/C21H24N4O2/c1-15(2)19-23-18(25-27-19)14-22-20(26)21(3,16-10-6-4-7-11-16)24-17-12-8-5-9-13-17/h4-13,15,24H,14H2,1-3H3,(H,22,26). The van der Waals surface area contributed by atoms with Gasteiger partial charge in [0.1, 0.15) is 5.54 Å². The molecule has 0 aliphatic heterocycles. The predicted molar refractivity (Wildman–Crippen MR) is 104 cm³/mol. The number of carbonyl (C=O) groups excluding carboxylic acids is 1. The molecule has 1 atom stereocenters. The molecule has 2 aromatic carbocycles. The summed E-state index contributed by atoms with van der Waals surface area (Å²) in [4.78, 5) is 17.4. The number of hydrogen-bond acceptors (Lipinski definition) is 5. The maximum absolute atomic E-state index is 13.1. The van der Waals surface area contributed by atoms with Crippen LogP contribution in [-0.4, -0.2) is 16.0 Å². The van der Waals surface area contributed by atoms with Gasteiger partial charge in [-0.15, -0.1) is 0 Å². The van der Waals surface area contributed by atoms with Crippen molar-refractivity contribution in [3.8, 4) is 0 Å². The molecule has 1 heterocycles. The van der Waals surface area contributed by atoms with Crippen LogP contribution in [0.3, 0.4) is 0 Å². The van der Waals surface area contributed by atoms with Crippen molar-refractivity contribution >= 4 is 11.6 Å². The molecule has 0 saturated heterocycles. The Hall–Kier alpha value is -3.15. The van der Waals surface area contributed by atoms with E-state index in [0.717, 1.165) is 11.3 Å². The van der Waals surface area contributed by atoms with Gasteiger partial charge in [0, 0.05) is 11.6 Å². The van der Waals surface area contributed by atoms with Gasteiger partial charge in [-0.1, -0.05) is 67.5 Å². The van der Waals surface area contributed by atoms with E-state index in [-0.39, 0.29) is 18.4 Å². The maximum atomic E-state index is 13.1. The van der Waals surface area contributed by atoms with Gasteiger partial charge in [-0.3, -0.25) is 4.79 Å². The molecule has 3 rings (SSSR count). The molecule has 0 fully saturated rings. The fourth-order valence-electron chi connectivity index (χ4n) is 2.75. The summed E-state index contributed by atoms with van der Waals surface area (Å²) in [5.41, 5.74) is 0.774. The molecule has 27 heavy (non-hydrogen) atoms. The monoisotopic (exact) mass is 364 g/mol. The number of benzene rings is 2. The van der Waals surface area contributed by atoms with Crippen LogP contribution in [-0.2, 0) is 16.9 Å². The van der Waals surface area contributed by atoms with Crippen LogP contribution in [0.4, 0.5) is 5.69 Å². The average Bonchev–Trinajstić information content (AvgIpc) is 3.17. The number of amides is 1. The lowest BCUT2D eigenvalue weighted by molar-refractivity contribution is -0.125. The number of rotatable bonds is 7. The summed E-state index contributed by atoms with van der Waals surface area (Å²) < 4.78 is 5.20. The lowest BCUT2D eigenvalue weighted by Crippen LogP contribution is -2.47. The zero-order valence-corrected chi connectivity index (χ0v) is 15.8. The first kappa shape index (κ1) is 18.6. The van der Waals surface area contributed by atoms with E-state index in [4.69, 9.17) is 4.52 Å². The van der Waals surface area contributed by atoms with Gasteiger partial charge in [0.2, 0.25) is 11.8 Å².